The topological polar surface area (TPSA) is 75.7 Å². The van der Waals surface area contributed by atoms with E-state index in [-0.39, 0.29) is 6.73 Å². The highest BCUT2D eigenvalue weighted by molar-refractivity contribution is 4.46. The van der Waals surface area contributed by atoms with Gasteiger partial charge in [0.05, 0.1) is 6.73 Å². The first kappa shape index (κ1) is 7.84. The van der Waals surface area contributed by atoms with E-state index < -0.39 is 12.4 Å². The van der Waals surface area contributed by atoms with Crippen molar-refractivity contribution in [3.8, 4) is 0 Å². The van der Waals surface area contributed by atoms with Gasteiger partial charge in [-0.05, 0) is 6.92 Å². The Morgan fingerprint density at radius 1 is 1.62 bits per heavy atom. The third-order valence-electron chi connectivity index (χ3n) is 0.680. The minimum absolute atomic E-state index is 0.0773. The summed E-state index contributed by atoms with van der Waals surface area (Å²) in [6.07, 6.45) is -2.03. The van der Waals surface area contributed by atoms with E-state index in [1.165, 1.54) is 6.92 Å². The van der Waals surface area contributed by atoms with Crippen LogP contribution in [0.3, 0.4) is 0 Å². The highest BCUT2D eigenvalue weighted by Gasteiger charge is 2.08. The summed E-state index contributed by atoms with van der Waals surface area (Å²) >= 11 is 0. The van der Waals surface area contributed by atoms with Crippen molar-refractivity contribution in [2.75, 3.05) is 6.73 Å². The van der Waals surface area contributed by atoms with E-state index in [1.807, 2.05) is 0 Å². The highest BCUT2D eigenvalue weighted by Crippen LogP contribution is 1.90. The van der Waals surface area contributed by atoms with Gasteiger partial charge in [-0.1, -0.05) is 0 Å². The van der Waals surface area contributed by atoms with Gasteiger partial charge in [0.15, 0.2) is 6.29 Å². The molecule has 0 radical (unpaired) electrons. The van der Waals surface area contributed by atoms with Gasteiger partial charge in [0.25, 0.3) is 0 Å². The second-order valence-electron chi connectivity index (χ2n) is 1.46. The normalized spacial score (nSPS) is 18.0. The molecule has 0 aromatic carbocycles. The largest absolute Gasteiger partial charge is 0.388 e. The summed E-state index contributed by atoms with van der Waals surface area (Å²) < 4.78 is 4.39. The van der Waals surface area contributed by atoms with Gasteiger partial charge < -0.3 is 20.7 Å². The Morgan fingerprint density at radius 2 is 2.12 bits per heavy atom. The molecule has 0 heterocycles. The summed E-state index contributed by atoms with van der Waals surface area (Å²) in [5.74, 6) is 0. The Balaban J connectivity index is 3.17. The predicted octanol–water partition coefficient (Wildman–Crippen LogP) is -1.38. The van der Waals surface area contributed by atoms with Crippen molar-refractivity contribution >= 4 is 0 Å². The van der Waals surface area contributed by atoms with Crippen LogP contribution in [0, 0.1) is 0 Å². The summed E-state index contributed by atoms with van der Waals surface area (Å²) in [6, 6.07) is 0. The van der Waals surface area contributed by atoms with Crippen LogP contribution in [-0.4, -0.2) is 29.3 Å². The van der Waals surface area contributed by atoms with Gasteiger partial charge in [-0.25, -0.2) is 0 Å². The Labute approximate surface area is 47.9 Å². The Hall–Kier alpha value is -0.160. The SMILES string of the molecule is CC(O)C(O)OCN. The van der Waals surface area contributed by atoms with Crippen LogP contribution in [0.1, 0.15) is 6.92 Å². The van der Waals surface area contributed by atoms with Crippen LogP contribution in [0.15, 0.2) is 0 Å². The molecule has 0 aromatic rings. The lowest BCUT2D eigenvalue weighted by atomic mass is 10.4. The average Bonchev–Trinajstić information content (AvgIpc) is 1.67. The van der Waals surface area contributed by atoms with E-state index in [0.717, 1.165) is 0 Å². The minimum Gasteiger partial charge on any atom is -0.388 e. The quantitative estimate of drug-likeness (QED) is 0.402. The van der Waals surface area contributed by atoms with Crippen LogP contribution in [0.5, 0.6) is 0 Å². The van der Waals surface area contributed by atoms with E-state index >= 15 is 0 Å². The van der Waals surface area contributed by atoms with Crippen molar-refractivity contribution in [1.29, 1.82) is 0 Å². The average molecular weight is 121 g/mol. The van der Waals surface area contributed by atoms with Crippen LogP contribution in [0.4, 0.5) is 0 Å². The molecule has 0 aliphatic carbocycles. The number of hydrogen-bond acceptors (Lipinski definition) is 4. The van der Waals surface area contributed by atoms with Crippen LogP contribution < -0.4 is 5.73 Å². The second kappa shape index (κ2) is 3.80. The van der Waals surface area contributed by atoms with Gasteiger partial charge in [0, 0.05) is 0 Å². The van der Waals surface area contributed by atoms with Gasteiger partial charge in [0.1, 0.15) is 6.10 Å². The smallest absolute Gasteiger partial charge is 0.182 e. The monoisotopic (exact) mass is 121 g/mol. The van der Waals surface area contributed by atoms with Gasteiger partial charge in [-0.2, -0.15) is 0 Å². The van der Waals surface area contributed by atoms with Gasteiger partial charge >= 0.3 is 0 Å². The van der Waals surface area contributed by atoms with E-state index in [0.29, 0.717) is 0 Å². The number of rotatable bonds is 3. The number of aliphatic hydroxyl groups is 2. The lowest BCUT2D eigenvalue weighted by Crippen LogP contribution is -2.28. The molecule has 0 bridgehead atoms. The lowest BCUT2D eigenvalue weighted by Gasteiger charge is -2.11. The van der Waals surface area contributed by atoms with E-state index in [4.69, 9.17) is 15.9 Å². The highest BCUT2D eigenvalue weighted by atomic mass is 16.6. The third kappa shape index (κ3) is 2.92. The molecule has 0 saturated carbocycles. The maximum Gasteiger partial charge on any atom is 0.182 e. The van der Waals surface area contributed by atoms with Crippen LogP contribution >= 0.6 is 0 Å². The number of aliphatic hydroxyl groups excluding tert-OH is 2. The molecule has 0 spiro atoms. The molecule has 0 fully saturated rings. The Kier molecular flexibility index (Phi) is 3.72. The van der Waals surface area contributed by atoms with Crippen molar-refractivity contribution in [3.05, 3.63) is 0 Å². The standard InChI is InChI=1S/C4H11NO3/c1-3(6)4(7)8-2-5/h3-4,6-7H,2,5H2,1H3. The first-order chi connectivity index (χ1) is 3.68. The zero-order valence-electron chi connectivity index (χ0n) is 4.74. The zero-order valence-corrected chi connectivity index (χ0v) is 4.74. The molecule has 4 heteroatoms. The summed E-state index contributed by atoms with van der Waals surface area (Å²) in [6.45, 7) is 1.34. The first-order valence-electron chi connectivity index (χ1n) is 2.36. The molecule has 0 saturated heterocycles. The maximum atomic E-state index is 8.57. The number of nitrogens with two attached hydrogens (primary N) is 1. The molecule has 0 aromatic heterocycles. The molecule has 2 unspecified atom stereocenters. The lowest BCUT2D eigenvalue weighted by molar-refractivity contribution is -0.154. The number of ether oxygens (including phenoxy) is 1. The van der Waals surface area contributed by atoms with Crippen molar-refractivity contribution in [3.63, 3.8) is 0 Å². The van der Waals surface area contributed by atoms with E-state index in [9.17, 15) is 0 Å². The van der Waals surface area contributed by atoms with Gasteiger partial charge in [-0.15, -0.1) is 0 Å². The summed E-state index contributed by atoms with van der Waals surface area (Å²) in [4.78, 5) is 0. The summed E-state index contributed by atoms with van der Waals surface area (Å²) in [5, 5.41) is 17.1. The van der Waals surface area contributed by atoms with Crippen LogP contribution in [0.25, 0.3) is 0 Å². The number of hydrogen-bond donors (Lipinski definition) is 3. The molecule has 0 amide bonds. The maximum absolute atomic E-state index is 8.57. The van der Waals surface area contributed by atoms with Crippen LogP contribution in [-0.2, 0) is 4.74 Å². The summed E-state index contributed by atoms with van der Waals surface area (Å²) in [7, 11) is 0. The third-order valence-corrected chi connectivity index (χ3v) is 0.680. The Bertz CT molecular complexity index is 57.2. The predicted molar refractivity (Wildman–Crippen MR) is 27.8 cm³/mol. The molecule has 2 atom stereocenters. The van der Waals surface area contributed by atoms with Gasteiger partial charge in [0.2, 0.25) is 0 Å². The Morgan fingerprint density at radius 3 is 2.25 bits per heavy atom. The molecule has 8 heavy (non-hydrogen) atoms. The van der Waals surface area contributed by atoms with E-state index in [1.54, 1.807) is 0 Å². The fourth-order valence-corrected chi connectivity index (χ4v) is 0.238. The molecule has 0 rings (SSSR count). The molecule has 4 nitrogen and oxygen atoms in total. The van der Waals surface area contributed by atoms with Crippen molar-refractivity contribution < 1.29 is 14.9 Å². The molecular weight excluding hydrogens is 110 g/mol. The zero-order chi connectivity index (χ0) is 6.57. The van der Waals surface area contributed by atoms with Crippen molar-refractivity contribution in [1.82, 2.24) is 0 Å². The fourth-order valence-electron chi connectivity index (χ4n) is 0.238. The van der Waals surface area contributed by atoms with Crippen molar-refractivity contribution in [2.45, 2.75) is 19.3 Å². The summed E-state index contributed by atoms with van der Waals surface area (Å²) in [5.41, 5.74) is 4.87. The molecule has 0 aliphatic heterocycles. The molecule has 0 aliphatic rings. The molecule has 4 N–H and O–H groups in total. The van der Waals surface area contributed by atoms with Gasteiger partial charge in [-0.3, -0.25) is 0 Å². The molecule has 50 valence electrons. The first-order valence-corrected chi connectivity index (χ1v) is 2.36. The second-order valence-corrected chi connectivity index (χ2v) is 1.46. The molecular formula is C4H11NO3. The fraction of sp³-hybridized carbons (Fsp3) is 1.00. The van der Waals surface area contributed by atoms with Crippen LogP contribution in [0.2, 0.25) is 0 Å². The van der Waals surface area contributed by atoms with E-state index in [2.05, 4.69) is 4.74 Å². The minimum atomic E-state index is -1.15. The van der Waals surface area contributed by atoms with Crippen molar-refractivity contribution in [2.24, 2.45) is 5.73 Å².